The molecule has 7 nitrogen and oxygen atoms in total. The second-order valence-corrected chi connectivity index (χ2v) is 5.77. The van der Waals surface area contributed by atoms with Crippen LogP contribution in [0.2, 0.25) is 0 Å². The first-order valence-corrected chi connectivity index (χ1v) is 7.94. The van der Waals surface area contributed by atoms with Gasteiger partial charge in [0.1, 0.15) is 5.65 Å². The molecule has 0 radical (unpaired) electrons. The summed E-state index contributed by atoms with van der Waals surface area (Å²) in [4.78, 5) is 30.1. The van der Waals surface area contributed by atoms with Crippen LogP contribution in [0.25, 0.3) is 11.0 Å². The molecule has 2 aromatic rings. The first kappa shape index (κ1) is 15.3. The van der Waals surface area contributed by atoms with Gasteiger partial charge in [0.15, 0.2) is 0 Å². The maximum absolute atomic E-state index is 12.3. The number of carbonyl (C=O) groups is 2. The van der Waals surface area contributed by atoms with E-state index < -0.39 is 5.91 Å². The topological polar surface area (TPSA) is 93.2 Å². The number of aryl methyl sites for hydroxylation is 1. The highest BCUT2D eigenvalue weighted by molar-refractivity contribution is 6.06. The third-order valence-electron chi connectivity index (χ3n) is 4.21. The van der Waals surface area contributed by atoms with E-state index >= 15 is 0 Å². The number of hydrogen-bond donors (Lipinski definition) is 2. The quantitative estimate of drug-likeness (QED) is 0.909. The summed E-state index contributed by atoms with van der Waals surface area (Å²) < 4.78 is 1.87. The van der Waals surface area contributed by atoms with E-state index in [2.05, 4.69) is 10.3 Å². The largest absolute Gasteiger partial charge is 0.366 e. The number of nitrogens with one attached hydrogen (secondary N) is 1. The fourth-order valence-corrected chi connectivity index (χ4v) is 2.98. The molecule has 3 rings (SSSR count). The zero-order chi connectivity index (χ0) is 16.4. The molecule has 3 heterocycles. The smallest absolute Gasteiger partial charge is 0.321 e. The molecule has 0 bridgehead atoms. The molecule has 2 aromatic heterocycles. The van der Waals surface area contributed by atoms with E-state index in [-0.39, 0.29) is 6.03 Å². The van der Waals surface area contributed by atoms with Crippen LogP contribution in [0.4, 0.5) is 10.5 Å². The Bertz CT molecular complexity index is 746. The van der Waals surface area contributed by atoms with Crippen molar-refractivity contribution >= 4 is 28.7 Å². The summed E-state index contributed by atoms with van der Waals surface area (Å²) in [5, 5.41) is 3.52. The van der Waals surface area contributed by atoms with Crippen LogP contribution in [0.15, 0.2) is 18.5 Å². The van der Waals surface area contributed by atoms with Gasteiger partial charge in [0.05, 0.1) is 17.4 Å². The molecule has 7 heteroatoms. The number of amides is 3. The molecule has 122 valence electrons. The predicted molar refractivity (Wildman–Crippen MR) is 88.4 cm³/mol. The van der Waals surface area contributed by atoms with Crippen molar-refractivity contribution in [2.75, 3.05) is 18.4 Å². The second kappa shape index (κ2) is 6.28. The van der Waals surface area contributed by atoms with E-state index in [4.69, 9.17) is 5.73 Å². The lowest BCUT2D eigenvalue weighted by Gasteiger charge is -2.26. The molecule has 0 spiro atoms. The van der Waals surface area contributed by atoms with Gasteiger partial charge in [0.25, 0.3) is 5.91 Å². The molecule has 3 amide bonds. The van der Waals surface area contributed by atoms with Gasteiger partial charge < -0.3 is 20.5 Å². The maximum Gasteiger partial charge on any atom is 0.321 e. The molecule has 0 unspecified atom stereocenters. The maximum atomic E-state index is 12.3. The van der Waals surface area contributed by atoms with Crippen LogP contribution in [-0.4, -0.2) is 39.5 Å². The number of nitrogens with zero attached hydrogens (tertiary/aromatic N) is 3. The molecule has 3 N–H and O–H groups in total. The number of carbonyl (C=O) groups excluding carboxylic acids is 2. The van der Waals surface area contributed by atoms with Crippen LogP contribution in [0.3, 0.4) is 0 Å². The third-order valence-corrected chi connectivity index (χ3v) is 4.21. The molecular weight excluding hydrogens is 294 g/mol. The Morgan fingerprint density at radius 3 is 2.70 bits per heavy atom. The molecule has 1 saturated heterocycles. The highest BCUT2D eigenvalue weighted by atomic mass is 16.2. The van der Waals surface area contributed by atoms with Crippen molar-refractivity contribution in [2.24, 2.45) is 5.73 Å². The molecule has 1 aliphatic heterocycles. The van der Waals surface area contributed by atoms with Crippen LogP contribution < -0.4 is 11.1 Å². The minimum absolute atomic E-state index is 0.124. The summed E-state index contributed by atoms with van der Waals surface area (Å²) >= 11 is 0. The number of anilines is 1. The van der Waals surface area contributed by atoms with Gasteiger partial charge in [-0.2, -0.15) is 0 Å². The molecule has 0 aromatic carbocycles. The number of likely N-dealkylation sites (tertiary alicyclic amines) is 1. The van der Waals surface area contributed by atoms with Gasteiger partial charge in [0.2, 0.25) is 0 Å². The summed E-state index contributed by atoms with van der Waals surface area (Å²) in [6, 6.07) is 1.64. The average molecular weight is 315 g/mol. The van der Waals surface area contributed by atoms with Gasteiger partial charge in [-0.25, -0.2) is 9.78 Å². The van der Waals surface area contributed by atoms with Crippen LogP contribution in [-0.2, 0) is 6.54 Å². The van der Waals surface area contributed by atoms with Crippen molar-refractivity contribution in [2.45, 2.75) is 32.7 Å². The molecule has 1 fully saturated rings. The number of piperidine rings is 1. The van der Waals surface area contributed by atoms with E-state index in [0.29, 0.717) is 28.8 Å². The first-order chi connectivity index (χ1) is 11.1. The van der Waals surface area contributed by atoms with Crippen LogP contribution in [0.1, 0.15) is 36.5 Å². The Hall–Kier alpha value is -2.57. The molecule has 0 saturated carbocycles. The van der Waals surface area contributed by atoms with E-state index in [1.807, 2.05) is 11.5 Å². The minimum Gasteiger partial charge on any atom is -0.366 e. The van der Waals surface area contributed by atoms with Gasteiger partial charge in [-0.1, -0.05) is 0 Å². The molecule has 23 heavy (non-hydrogen) atoms. The van der Waals surface area contributed by atoms with Crippen molar-refractivity contribution in [1.82, 2.24) is 14.5 Å². The zero-order valence-electron chi connectivity index (χ0n) is 13.2. The van der Waals surface area contributed by atoms with Gasteiger partial charge in [-0.05, 0) is 32.3 Å². The van der Waals surface area contributed by atoms with E-state index in [0.717, 1.165) is 25.9 Å². The summed E-state index contributed by atoms with van der Waals surface area (Å²) in [7, 11) is 0. The normalized spacial score (nSPS) is 14.9. The summed E-state index contributed by atoms with van der Waals surface area (Å²) in [6.07, 6.45) is 6.56. The highest BCUT2D eigenvalue weighted by Crippen LogP contribution is 2.23. The zero-order valence-corrected chi connectivity index (χ0v) is 13.2. The van der Waals surface area contributed by atoms with Gasteiger partial charge in [0, 0.05) is 31.2 Å². The highest BCUT2D eigenvalue weighted by Gasteiger charge is 2.18. The van der Waals surface area contributed by atoms with Gasteiger partial charge >= 0.3 is 6.03 Å². The van der Waals surface area contributed by atoms with E-state index in [9.17, 15) is 9.59 Å². The molecular formula is C16H21N5O2. The van der Waals surface area contributed by atoms with Crippen molar-refractivity contribution in [3.8, 4) is 0 Å². The Morgan fingerprint density at radius 1 is 1.30 bits per heavy atom. The monoisotopic (exact) mass is 315 g/mol. The molecule has 0 aliphatic carbocycles. The Kier molecular flexibility index (Phi) is 4.18. The number of fused-ring (bicyclic) bond motifs is 1. The van der Waals surface area contributed by atoms with Crippen LogP contribution in [0, 0.1) is 0 Å². The number of urea groups is 1. The lowest BCUT2D eigenvalue weighted by molar-refractivity contribution is 0.100. The van der Waals surface area contributed by atoms with Crippen molar-refractivity contribution in [3.05, 3.63) is 24.0 Å². The lowest BCUT2D eigenvalue weighted by atomic mass is 10.1. The molecule has 0 atom stereocenters. The SMILES string of the molecule is CCn1cc(C(N)=O)c2cc(NC(=O)N3CCCCC3)cnc21. The molecule has 1 aliphatic rings. The Balaban J connectivity index is 1.88. The lowest BCUT2D eigenvalue weighted by Crippen LogP contribution is -2.38. The third kappa shape index (κ3) is 2.99. The fraction of sp³-hybridized carbons (Fsp3) is 0.438. The van der Waals surface area contributed by atoms with Crippen molar-refractivity contribution in [1.29, 1.82) is 0 Å². The Labute approximate surface area is 134 Å². The minimum atomic E-state index is -0.497. The van der Waals surface area contributed by atoms with Crippen molar-refractivity contribution < 1.29 is 9.59 Å². The number of primary amides is 1. The predicted octanol–water partition coefficient (Wildman–Crippen LogP) is 2.17. The summed E-state index contributed by atoms with van der Waals surface area (Å²) in [5.74, 6) is -0.497. The first-order valence-electron chi connectivity index (χ1n) is 7.94. The summed E-state index contributed by atoms with van der Waals surface area (Å²) in [5.41, 5.74) is 7.13. The summed E-state index contributed by atoms with van der Waals surface area (Å²) in [6.45, 7) is 4.22. The van der Waals surface area contributed by atoms with Crippen molar-refractivity contribution in [3.63, 3.8) is 0 Å². The fourth-order valence-electron chi connectivity index (χ4n) is 2.98. The van der Waals surface area contributed by atoms with Gasteiger partial charge in [-0.15, -0.1) is 0 Å². The number of nitrogens with two attached hydrogens (primary N) is 1. The number of rotatable bonds is 3. The standard InChI is InChI=1S/C16H21N5O2/c1-2-20-10-13(14(17)22)12-8-11(9-18-15(12)20)19-16(23)21-6-4-3-5-7-21/h8-10H,2-7H2,1H3,(H2,17,22)(H,19,23). The second-order valence-electron chi connectivity index (χ2n) is 5.77. The Morgan fingerprint density at radius 2 is 2.04 bits per heavy atom. The van der Waals surface area contributed by atoms with E-state index in [1.54, 1.807) is 23.4 Å². The van der Waals surface area contributed by atoms with Gasteiger partial charge in [-0.3, -0.25) is 4.79 Å². The van der Waals surface area contributed by atoms with E-state index in [1.165, 1.54) is 6.42 Å². The van der Waals surface area contributed by atoms with Crippen LogP contribution >= 0.6 is 0 Å². The average Bonchev–Trinajstić information content (AvgIpc) is 2.94. The number of hydrogen-bond acceptors (Lipinski definition) is 3. The number of aromatic nitrogens is 2. The number of pyridine rings is 1. The van der Waals surface area contributed by atoms with Crippen LogP contribution in [0.5, 0.6) is 0 Å².